The molecule has 198 valence electrons. The number of fused-ring (bicyclic) bond motifs is 1. The van der Waals surface area contributed by atoms with Gasteiger partial charge in [-0.3, -0.25) is 13.9 Å². The minimum Gasteiger partial charge on any atom is -0.508 e. The van der Waals surface area contributed by atoms with Crippen LogP contribution in [0.5, 0.6) is 5.75 Å². The fraction of sp³-hybridized carbons (Fsp3) is 0.500. The van der Waals surface area contributed by atoms with Gasteiger partial charge in [0.15, 0.2) is 0 Å². The summed E-state index contributed by atoms with van der Waals surface area (Å²) in [7, 11) is 1.72. The van der Waals surface area contributed by atoms with Crippen molar-refractivity contribution in [3.63, 3.8) is 0 Å². The summed E-state index contributed by atoms with van der Waals surface area (Å²) in [5, 5.41) is 9.89. The van der Waals surface area contributed by atoms with E-state index < -0.39 is 11.9 Å². The van der Waals surface area contributed by atoms with Gasteiger partial charge in [0, 0.05) is 51.8 Å². The lowest BCUT2D eigenvalue weighted by atomic mass is 9.81. The quantitative estimate of drug-likeness (QED) is 0.572. The first kappa shape index (κ1) is 25.2. The number of anilines is 1. The van der Waals surface area contributed by atoms with Gasteiger partial charge in [0.05, 0.1) is 22.9 Å². The number of amides is 1. The highest BCUT2D eigenvalue weighted by molar-refractivity contribution is 5.79. The van der Waals surface area contributed by atoms with Crippen LogP contribution in [0.4, 0.5) is 18.9 Å². The van der Waals surface area contributed by atoms with E-state index in [9.17, 15) is 27.9 Å². The Morgan fingerprint density at radius 3 is 2.35 bits per heavy atom. The van der Waals surface area contributed by atoms with Gasteiger partial charge in [0.25, 0.3) is 0 Å². The third-order valence-electron chi connectivity index (χ3n) is 7.76. The van der Waals surface area contributed by atoms with Gasteiger partial charge < -0.3 is 14.9 Å². The van der Waals surface area contributed by atoms with E-state index in [4.69, 9.17) is 0 Å². The average molecular weight is 518 g/mol. The first-order valence-corrected chi connectivity index (χ1v) is 12.6. The zero-order valence-electron chi connectivity index (χ0n) is 20.6. The minimum absolute atomic E-state index is 0.0520. The van der Waals surface area contributed by atoms with Crippen molar-refractivity contribution in [1.29, 1.82) is 0 Å². The van der Waals surface area contributed by atoms with Gasteiger partial charge >= 0.3 is 11.9 Å². The number of carbonyl (C=O) groups excluding carboxylic acids is 1. The number of piperazine rings is 1. The minimum atomic E-state index is -4.46. The Bertz CT molecular complexity index is 1330. The molecule has 11 heteroatoms. The maximum Gasteiger partial charge on any atom is 0.433 e. The molecule has 0 atom stereocenters. The van der Waals surface area contributed by atoms with Crippen LogP contribution in [0.1, 0.15) is 31.4 Å². The summed E-state index contributed by atoms with van der Waals surface area (Å²) >= 11 is 0. The summed E-state index contributed by atoms with van der Waals surface area (Å²) in [6.07, 6.45) is -0.0141. The van der Waals surface area contributed by atoms with E-state index in [2.05, 4.69) is 4.98 Å². The largest absolute Gasteiger partial charge is 0.508 e. The molecule has 1 aliphatic carbocycles. The van der Waals surface area contributed by atoms with Gasteiger partial charge in [-0.15, -0.1) is 0 Å². The van der Waals surface area contributed by atoms with E-state index >= 15 is 0 Å². The Hall–Kier alpha value is -3.50. The number of hydrogen-bond donors (Lipinski definition) is 1. The van der Waals surface area contributed by atoms with Gasteiger partial charge in [0.1, 0.15) is 11.4 Å². The molecule has 1 aromatic carbocycles. The summed E-state index contributed by atoms with van der Waals surface area (Å²) in [4.78, 5) is 33.3. The number of aromatic hydroxyl groups is 1. The number of imidazole rings is 1. The second kappa shape index (κ2) is 9.75. The molecule has 5 rings (SSSR count). The number of aryl methyl sites for hydroxylation is 1. The number of benzene rings is 1. The highest BCUT2D eigenvalue weighted by Crippen LogP contribution is 2.33. The van der Waals surface area contributed by atoms with Crippen LogP contribution in [0.2, 0.25) is 0 Å². The highest BCUT2D eigenvalue weighted by Gasteiger charge is 2.34. The number of nitrogens with zero attached hydrogens (tertiary/aromatic N) is 5. The molecule has 0 bridgehead atoms. The molecule has 1 aliphatic heterocycles. The van der Waals surface area contributed by atoms with Crippen molar-refractivity contribution in [3.05, 3.63) is 52.7 Å². The predicted molar refractivity (Wildman–Crippen MR) is 132 cm³/mol. The number of rotatable bonds is 4. The number of phenolic OH excluding ortho intramolecular Hbond substituents is 1. The molecule has 3 aromatic rings. The Morgan fingerprint density at radius 1 is 1.03 bits per heavy atom. The van der Waals surface area contributed by atoms with E-state index in [1.807, 2.05) is 9.80 Å². The molecule has 0 unspecified atom stereocenters. The van der Waals surface area contributed by atoms with E-state index in [1.165, 1.54) is 12.3 Å². The molecule has 2 fully saturated rings. The molecule has 1 N–H and O–H groups in total. The number of hydrogen-bond acceptors (Lipinski definition) is 5. The fourth-order valence-electron chi connectivity index (χ4n) is 5.61. The van der Waals surface area contributed by atoms with Crippen molar-refractivity contribution in [2.24, 2.45) is 18.9 Å². The second-order valence-corrected chi connectivity index (χ2v) is 10.1. The molecule has 3 heterocycles. The summed E-state index contributed by atoms with van der Waals surface area (Å²) in [5.74, 6) is 0.481. The molecule has 0 spiro atoms. The Morgan fingerprint density at radius 2 is 1.73 bits per heavy atom. The molecule has 1 saturated heterocycles. The Balaban J connectivity index is 1.14. The second-order valence-electron chi connectivity index (χ2n) is 10.1. The Kier molecular flexibility index (Phi) is 6.63. The van der Waals surface area contributed by atoms with Crippen LogP contribution in [0.3, 0.4) is 0 Å². The van der Waals surface area contributed by atoms with Crippen molar-refractivity contribution in [2.75, 3.05) is 31.1 Å². The Labute approximate surface area is 211 Å². The third kappa shape index (κ3) is 5.03. The van der Waals surface area contributed by atoms with Crippen LogP contribution in [-0.4, -0.2) is 56.2 Å². The summed E-state index contributed by atoms with van der Waals surface area (Å²) in [6, 6.07) is 7.35. The zero-order chi connectivity index (χ0) is 26.3. The van der Waals surface area contributed by atoms with Gasteiger partial charge in [0.2, 0.25) is 5.91 Å². The topological polar surface area (TPSA) is 83.6 Å². The van der Waals surface area contributed by atoms with Gasteiger partial charge in [-0.25, -0.2) is 9.78 Å². The molecule has 8 nitrogen and oxygen atoms in total. The van der Waals surface area contributed by atoms with Crippen LogP contribution in [0.15, 0.2) is 41.3 Å². The van der Waals surface area contributed by atoms with Crippen LogP contribution < -0.4 is 10.6 Å². The molecule has 0 radical (unpaired) electrons. The number of carbonyl (C=O) groups is 1. The lowest BCUT2D eigenvalue weighted by Crippen LogP contribution is -2.50. The lowest BCUT2D eigenvalue weighted by Gasteiger charge is -2.38. The molecule has 2 aromatic heterocycles. The SMILES string of the molecule is Cn1c(=O)n(CC2CCC(C(=O)N3CCN(c4ccc(C(F)(F)F)nc4)CC3)CC2)c2cc(O)ccc21. The molecule has 1 saturated carbocycles. The van der Waals surface area contributed by atoms with Crippen LogP contribution in [0, 0.1) is 11.8 Å². The molecule has 37 heavy (non-hydrogen) atoms. The summed E-state index contributed by atoms with van der Waals surface area (Å²) < 4.78 is 41.6. The molecular weight excluding hydrogens is 487 g/mol. The molecular formula is C26H30F3N5O3. The summed E-state index contributed by atoms with van der Waals surface area (Å²) in [5.41, 5.74) is 1.09. The predicted octanol–water partition coefficient (Wildman–Crippen LogP) is 3.61. The van der Waals surface area contributed by atoms with Crippen molar-refractivity contribution >= 4 is 22.6 Å². The number of pyridine rings is 1. The zero-order valence-corrected chi connectivity index (χ0v) is 20.6. The van der Waals surface area contributed by atoms with E-state index in [-0.39, 0.29) is 29.2 Å². The first-order valence-electron chi connectivity index (χ1n) is 12.6. The standard InChI is InChI=1S/C26H30F3N5O3/c1-31-21-8-7-20(35)14-22(21)34(25(31)37)16-17-2-4-18(5-3-17)24(36)33-12-10-32(11-13-33)19-6-9-23(30-15-19)26(27,28)29/h6-9,14-15,17-18,35H,2-5,10-13,16H2,1H3. The first-order chi connectivity index (χ1) is 17.6. The number of aromatic nitrogens is 3. The van der Waals surface area contributed by atoms with Crippen molar-refractivity contribution < 1.29 is 23.1 Å². The maximum absolute atomic E-state index is 13.2. The van der Waals surface area contributed by atoms with Crippen molar-refractivity contribution in [2.45, 2.75) is 38.4 Å². The maximum atomic E-state index is 13.2. The smallest absolute Gasteiger partial charge is 0.433 e. The third-order valence-corrected chi connectivity index (χ3v) is 7.76. The number of phenols is 1. The van der Waals surface area contributed by atoms with Crippen LogP contribution in [0.25, 0.3) is 11.0 Å². The molecule has 1 amide bonds. The van der Waals surface area contributed by atoms with Gasteiger partial charge in [-0.05, 0) is 55.9 Å². The van der Waals surface area contributed by atoms with Crippen LogP contribution in [-0.2, 0) is 24.6 Å². The fourth-order valence-corrected chi connectivity index (χ4v) is 5.61. The number of halogens is 3. The van der Waals surface area contributed by atoms with Crippen molar-refractivity contribution in [3.8, 4) is 5.75 Å². The van der Waals surface area contributed by atoms with Gasteiger partial charge in [-0.1, -0.05) is 0 Å². The van der Waals surface area contributed by atoms with E-state index in [1.54, 1.807) is 34.4 Å². The monoisotopic (exact) mass is 517 g/mol. The summed E-state index contributed by atoms with van der Waals surface area (Å²) in [6.45, 7) is 2.69. The highest BCUT2D eigenvalue weighted by atomic mass is 19.4. The van der Waals surface area contributed by atoms with E-state index in [0.29, 0.717) is 43.9 Å². The normalized spacial score (nSPS) is 21.0. The van der Waals surface area contributed by atoms with E-state index in [0.717, 1.165) is 37.3 Å². The lowest BCUT2D eigenvalue weighted by molar-refractivity contribution is -0.141. The number of alkyl halides is 3. The average Bonchev–Trinajstić information content (AvgIpc) is 3.12. The van der Waals surface area contributed by atoms with Crippen LogP contribution >= 0.6 is 0 Å². The van der Waals surface area contributed by atoms with Gasteiger partial charge in [-0.2, -0.15) is 13.2 Å². The molecule has 2 aliphatic rings. The van der Waals surface area contributed by atoms with Crippen molar-refractivity contribution in [1.82, 2.24) is 19.0 Å².